The Balaban J connectivity index is 1.98. The van der Waals surface area contributed by atoms with Crippen LogP contribution in [0.3, 0.4) is 0 Å². The van der Waals surface area contributed by atoms with Crippen molar-refractivity contribution in [3.8, 4) is 5.82 Å². The molecule has 0 fully saturated rings. The van der Waals surface area contributed by atoms with E-state index in [0.717, 1.165) is 10.0 Å². The third kappa shape index (κ3) is 5.18. The van der Waals surface area contributed by atoms with Gasteiger partial charge in [-0.2, -0.15) is 5.10 Å². The number of anilines is 1. The van der Waals surface area contributed by atoms with Crippen LogP contribution in [0.15, 0.2) is 51.7 Å². The average molecular weight is 601 g/mol. The van der Waals surface area contributed by atoms with E-state index in [4.69, 9.17) is 11.6 Å². The number of carbonyl (C=O) groups excluding carboxylic acids is 3. The van der Waals surface area contributed by atoms with Gasteiger partial charge in [0.15, 0.2) is 5.82 Å². The lowest BCUT2D eigenvalue weighted by molar-refractivity contribution is 0.0193. The minimum atomic E-state index is -0.735. The lowest BCUT2D eigenvalue weighted by atomic mass is 10.1. The Labute approximate surface area is 210 Å². The first-order valence-corrected chi connectivity index (χ1v) is 11.2. The summed E-state index contributed by atoms with van der Waals surface area (Å²) >= 11 is 12.9. The third-order valence-electron chi connectivity index (χ3n) is 4.52. The summed E-state index contributed by atoms with van der Waals surface area (Å²) in [7, 11) is 3.98. The molecule has 3 aromatic rings. The zero-order valence-electron chi connectivity index (χ0n) is 17.5. The second-order valence-corrected chi connectivity index (χ2v) is 8.70. The predicted octanol–water partition coefficient (Wildman–Crippen LogP) is 4.38. The molecule has 0 aliphatic heterocycles. The number of rotatable bonds is 4. The molecular formula is C20H17Br2ClN6O4. The van der Waals surface area contributed by atoms with Gasteiger partial charge in [-0.05, 0) is 46.3 Å². The summed E-state index contributed by atoms with van der Waals surface area (Å²) in [5.41, 5.74) is 0.451. The van der Waals surface area contributed by atoms with Gasteiger partial charge < -0.3 is 10.1 Å². The molecule has 0 saturated heterocycles. The van der Waals surface area contributed by atoms with E-state index in [-0.39, 0.29) is 22.8 Å². The average Bonchev–Trinajstić information content (AvgIpc) is 3.28. The summed E-state index contributed by atoms with van der Waals surface area (Å²) < 4.78 is 6.96. The highest BCUT2D eigenvalue weighted by atomic mass is 79.9. The summed E-state index contributed by atoms with van der Waals surface area (Å²) in [4.78, 5) is 42.3. The largest absolute Gasteiger partial charge is 0.452 e. The molecule has 3 rings (SSSR count). The fourth-order valence-electron chi connectivity index (χ4n) is 2.79. The fraction of sp³-hybridized carbons (Fsp3) is 0.150. The Bertz CT molecular complexity index is 1240. The number of benzene rings is 1. The van der Waals surface area contributed by atoms with Crippen LogP contribution in [0.4, 0.5) is 10.5 Å². The molecule has 0 spiro atoms. The maximum Gasteiger partial charge on any atom is 0.428 e. The topological polar surface area (TPSA) is 110 Å². The summed E-state index contributed by atoms with van der Waals surface area (Å²) in [6.45, 7) is 0. The zero-order valence-corrected chi connectivity index (χ0v) is 21.5. The number of amides is 3. The van der Waals surface area contributed by atoms with Gasteiger partial charge in [0.05, 0.1) is 29.6 Å². The molecule has 0 aliphatic rings. The van der Waals surface area contributed by atoms with Crippen LogP contribution >= 0.6 is 43.5 Å². The van der Waals surface area contributed by atoms with Gasteiger partial charge in [0.2, 0.25) is 0 Å². The molecule has 0 saturated carbocycles. The number of nitrogens with one attached hydrogen (secondary N) is 1. The number of hydrogen-bond donors (Lipinski definition) is 1. The molecule has 0 unspecified atom stereocenters. The normalized spacial score (nSPS) is 10.5. The molecule has 33 heavy (non-hydrogen) atoms. The van der Waals surface area contributed by atoms with Crippen LogP contribution in [-0.2, 0) is 4.74 Å². The number of aromatic nitrogens is 3. The first-order valence-electron chi connectivity index (χ1n) is 9.20. The number of nitrogens with zero attached hydrogens (tertiary/aromatic N) is 5. The summed E-state index contributed by atoms with van der Waals surface area (Å²) in [5, 5.41) is 9.25. The van der Waals surface area contributed by atoms with Crippen LogP contribution in [0.5, 0.6) is 0 Å². The van der Waals surface area contributed by atoms with Gasteiger partial charge in [0.25, 0.3) is 11.8 Å². The molecule has 0 radical (unpaired) electrons. The molecule has 0 aliphatic carbocycles. The van der Waals surface area contributed by atoms with Crippen molar-refractivity contribution < 1.29 is 19.1 Å². The fourth-order valence-corrected chi connectivity index (χ4v) is 4.32. The van der Waals surface area contributed by atoms with Crippen molar-refractivity contribution >= 4 is 67.1 Å². The highest BCUT2D eigenvalue weighted by molar-refractivity contribution is 9.11. The lowest BCUT2D eigenvalue weighted by Gasteiger charge is -2.27. The second-order valence-electron chi connectivity index (χ2n) is 6.52. The van der Waals surface area contributed by atoms with E-state index >= 15 is 0 Å². The third-order valence-corrected chi connectivity index (χ3v) is 5.90. The van der Waals surface area contributed by atoms with Crippen molar-refractivity contribution in [2.75, 3.05) is 26.5 Å². The van der Waals surface area contributed by atoms with E-state index in [2.05, 4.69) is 52.0 Å². The van der Waals surface area contributed by atoms with Crippen LogP contribution in [0.2, 0.25) is 5.02 Å². The Morgan fingerprint density at radius 1 is 1.12 bits per heavy atom. The van der Waals surface area contributed by atoms with Crippen molar-refractivity contribution in [2.45, 2.75) is 0 Å². The van der Waals surface area contributed by atoms with Gasteiger partial charge >= 0.3 is 6.09 Å². The maximum absolute atomic E-state index is 13.2. The smallest absolute Gasteiger partial charge is 0.428 e. The van der Waals surface area contributed by atoms with E-state index in [1.54, 1.807) is 18.2 Å². The summed E-state index contributed by atoms with van der Waals surface area (Å²) in [6.07, 6.45) is 2.23. The van der Waals surface area contributed by atoms with Crippen molar-refractivity contribution in [3.05, 3.63) is 68.0 Å². The highest BCUT2D eigenvalue weighted by Gasteiger charge is 2.26. The summed E-state index contributed by atoms with van der Waals surface area (Å²) in [5.74, 6) is -0.850. The van der Waals surface area contributed by atoms with Crippen molar-refractivity contribution in [3.63, 3.8) is 0 Å². The van der Waals surface area contributed by atoms with E-state index < -0.39 is 17.9 Å². The Kier molecular flexibility index (Phi) is 7.72. The van der Waals surface area contributed by atoms with Crippen LogP contribution in [0, 0.1) is 0 Å². The minimum Gasteiger partial charge on any atom is -0.452 e. The van der Waals surface area contributed by atoms with Gasteiger partial charge in [-0.1, -0.05) is 27.5 Å². The Hall–Kier alpha value is -2.96. The molecule has 1 N–H and O–H groups in total. The van der Waals surface area contributed by atoms with Gasteiger partial charge in [-0.15, -0.1) is 0 Å². The van der Waals surface area contributed by atoms with Gasteiger partial charge in [-0.3, -0.25) is 9.59 Å². The monoisotopic (exact) mass is 598 g/mol. The molecule has 2 heterocycles. The van der Waals surface area contributed by atoms with Crippen molar-refractivity contribution in [1.29, 1.82) is 0 Å². The molecule has 0 bridgehead atoms. The van der Waals surface area contributed by atoms with Crippen LogP contribution < -0.4 is 5.32 Å². The van der Waals surface area contributed by atoms with Crippen LogP contribution in [0.1, 0.15) is 20.8 Å². The van der Waals surface area contributed by atoms with Crippen molar-refractivity contribution in [2.24, 2.45) is 0 Å². The number of pyridine rings is 1. The Morgan fingerprint density at radius 3 is 2.52 bits per heavy atom. The van der Waals surface area contributed by atoms with E-state index in [1.165, 1.54) is 50.4 Å². The van der Waals surface area contributed by atoms with Gasteiger partial charge in [0.1, 0.15) is 5.69 Å². The number of hydrazine groups is 1. The van der Waals surface area contributed by atoms with Crippen LogP contribution in [-0.4, -0.2) is 63.9 Å². The molecule has 3 amide bonds. The number of hydrogen-bond acceptors (Lipinski definition) is 6. The minimum absolute atomic E-state index is 0.116. The highest BCUT2D eigenvalue weighted by Crippen LogP contribution is 2.32. The molecule has 0 atom stereocenters. The SMILES string of the molecule is COC(=O)N(C)N(C)C(=O)c1cc(Br)cc(Br)c1NC(=O)c1ccnn1-c1ncccc1Cl. The number of methoxy groups -OCH3 is 1. The Morgan fingerprint density at radius 2 is 1.85 bits per heavy atom. The lowest BCUT2D eigenvalue weighted by Crippen LogP contribution is -2.45. The maximum atomic E-state index is 13.2. The van der Waals surface area contributed by atoms with Crippen LogP contribution in [0.25, 0.3) is 5.82 Å². The molecule has 1 aromatic carbocycles. The number of halogens is 3. The second kappa shape index (κ2) is 10.3. The zero-order chi connectivity index (χ0) is 24.3. The first-order chi connectivity index (χ1) is 15.6. The van der Waals surface area contributed by atoms with E-state index in [0.29, 0.717) is 14.0 Å². The predicted molar refractivity (Wildman–Crippen MR) is 128 cm³/mol. The molecule has 2 aromatic heterocycles. The quantitative estimate of drug-likeness (QED) is 0.445. The van der Waals surface area contributed by atoms with E-state index in [9.17, 15) is 14.4 Å². The number of carbonyl (C=O) groups is 3. The van der Waals surface area contributed by atoms with Gasteiger partial charge in [-0.25, -0.2) is 24.5 Å². The standard InChI is InChI=1S/C20H17Br2ClN6O4/c1-27(28(2)20(32)33-3)19(31)12-9-11(21)10-13(22)16(12)26-18(30)15-6-8-25-29(15)17-14(23)5-4-7-24-17/h4-10H,1-3H3,(H,26,30). The molecule has 172 valence electrons. The van der Waals surface area contributed by atoms with Gasteiger partial charge in [0, 0.05) is 29.2 Å². The molecule has 10 nitrogen and oxygen atoms in total. The summed E-state index contributed by atoms with van der Waals surface area (Å²) in [6, 6.07) is 7.98. The molecular weight excluding hydrogens is 584 g/mol. The molecule has 13 heteroatoms. The van der Waals surface area contributed by atoms with E-state index in [1.807, 2.05) is 0 Å². The van der Waals surface area contributed by atoms with Crippen molar-refractivity contribution in [1.82, 2.24) is 24.8 Å². The first kappa shape index (κ1) is 24.7. The number of ether oxygens (including phenoxy) is 1.